The highest BCUT2D eigenvalue weighted by molar-refractivity contribution is 5.26. The van der Waals surface area contributed by atoms with Crippen LogP contribution in [0.4, 0.5) is 0 Å². The Kier molecular flexibility index (Phi) is 1.32. The molecule has 1 rings (SSSR count). The summed E-state index contributed by atoms with van der Waals surface area (Å²) < 4.78 is 0. The van der Waals surface area contributed by atoms with Crippen molar-refractivity contribution in [3.05, 3.63) is 11.6 Å². The molecule has 42 valence electrons. The van der Waals surface area contributed by atoms with Gasteiger partial charge in [-0.25, -0.2) is 0 Å². The molecule has 0 saturated carbocycles. The summed E-state index contributed by atoms with van der Waals surface area (Å²) in [5.41, 5.74) is 6.32. The normalized spacial score (nSPS) is 27.0. The smallest absolute Gasteiger partial charge is 0.0944 e. The first-order chi connectivity index (χ1) is 3.83. The first kappa shape index (κ1) is 5.33. The maximum atomic E-state index is 8.31. The maximum Gasteiger partial charge on any atom is 0.0944 e. The van der Waals surface area contributed by atoms with Crippen molar-refractivity contribution >= 4 is 0 Å². The van der Waals surface area contributed by atoms with E-state index in [1.54, 1.807) is 0 Å². The van der Waals surface area contributed by atoms with Gasteiger partial charge in [-0.1, -0.05) is 6.08 Å². The van der Waals surface area contributed by atoms with Crippen LogP contribution < -0.4 is 5.73 Å². The minimum atomic E-state index is 0.143. The standard InChI is InChI=1S/C6H8N2/c7-4-5-1-2-6(8)3-5/h3,6H,1-2,8H2/t6-/m1/s1. The fourth-order valence-corrected chi connectivity index (χ4v) is 0.840. The first-order valence-corrected chi connectivity index (χ1v) is 2.69. The molecule has 0 unspecified atom stereocenters. The average molecular weight is 108 g/mol. The summed E-state index contributed by atoms with van der Waals surface area (Å²) in [6.45, 7) is 0. The number of hydrogen-bond donors (Lipinski definition) is 1. The summed E-state index contributed by atoms with van der Waals surface area (Å²) in [6.07, 6.45) is 3.65. The highest BCUT2D eigenvalue weighted by atomic mass is 14.6. The van der Waals surface area contributed by atoms with Crippen molar-refractivity contribution in [2.24, 2.45) is 5.73 Å². The molecule has 0 fully saturated rings. The van der Waals surface area contributed by atoms with E-state index in [4.69, 9.17) is 11.0 Å². The monoisotopic (exact) mass is 108 g/mol. The number of nitrogens with two attached hydrogens (primary N) is 1. The SMILES string of the molecule is N#CC1=C[C@H](N)CC1. The van der Waals surface area contributed by atoms with Crippen LogP contribution in [0.1, 0.15) is 12.8 Å². The summed E-state index contributed by atoms with van der Waals surface area (Å²) in [7, 11) is 0. The van der Waals surface area contributed by atoms with E-state index < -0.39 is 0 Å². The Bertz CT molecular complexity index is 152. The molecule has 8 heavy (non-hydrogen) atoms. The highest BCUT2D eigenvalue weighted by Crippen LogP contribution is 2.14. The molecule has 0 radical (unpaired) electrons. The zero-order valence-corrected chi connectivity index (χ0v) is 4.59. The molecule has 0 aliphatic heterocycles. The number of nitriles is 1. The van der Waals surface area contributed by atoms with E-state index in [-0.39, 0.29) is 6.04 Å². The van der Waals surface area contributed by atoms with Gasteiger partial charge in [0, 0.05) is 11.6 Å². The van der Waals surface area contributed by atoms with Gasteiger partial charge in [0.25, 0.3) is 0 Å². The van der Waals surface area contributed by atoms with E-state index in [1.165, 1.54) is 0 Å². The van der Waals surface area contributed by atoms with E-state index in [9.17, 15) is 0 Å². The highest BCUT2D eigenvalue weighted by Gasteiger charge is 2.09. The molecular weight excluding hydrogens is 100 g/mol. The van der Waals surface area contributed by atoms with Crippen molar-refractivity contribution in [2.75, 3.05) is 0 Å². The molecule has 1 atom stereocenters. The molecule has 0 amide bonds. The summed E-state index contributed by atoms with van der Waals surface area (Å²) in [5.74, 6) is 0. The Labute approximate surface area is 48.6 Å². The van der Waals surface area contributed by atoms with Crippen LogP contribution in [0.5, 0.6) is 0 Å². The molecule has 0 bridgehead atoms. The fraction of sp³-hybridized carbons (Fsp3) is 0.500. The van der Waals surface area contributed by atoms with Crippen LogP contribution in [-0.4, -0.2) is 6.04 Å². The zero-order chi connectivity index (χ0) is 5.98. The summed E-state index contributed by atoms with van der Waals surface area (Å²) in [4.78, 5) is 0. The number of rotatable bonds is 0. The van der Waals surface area contributed by atoms with Gasteiger partial charge in [-0.05, 0) is 12.8 Å². The van der Waals surface area contributed by atoms with Crippen molar-refractivity contribution < 1.29 is 0 Å². The first-order valence-electron chi connectivity index (χ1n) is 2.69. The molecule has 1 aliphatic rings. The molecule has 0 spiro atoms. The van der Waals surface area contributed by atoms with Crippen molar-refractivity contribution in [3.8, 4) is 6.07 Å². The molecule has 0 saturated heterocycles. The maximum absolute atomic E-state index is 8.31. The van der Waals surface area contributed by atoms with E-state index in [0.717, 1.165) is 18.4 Å². The number of allylic oxidation sites excluding steroid dienone is 1. The third-order valence-electron chi connectivity index (χ3n) is 1.31. The van der Waals surface area contributed by atoms with E-state index in [0.29, 0.717) is 0 Å². The summed E-state index contributed by atoms with van der Waals surface area (Å²) in [5, 5.41) is 8.31. The Morgan fingerprint density at radius 2 is 2.62 bits per heavy atom. The van der Waals surface area contributed by atoms with Gasteiger partial charge in [0.2, 0.25) is 0 Å². The molecule has 0 aromatic heterocycles. The lowest BCUT2D eigenvalue weighted by atomic mass is 10.2. The average Bonchev–Trinajstić information content (AvgIpc) is 2.14. The van der Waals surface area contributed by atoms with Crippen molar-refractivity contribution in [1.29, 1.82) is 5.26 Å². The van der Waals surface area contributed by atoms with Crippen LogP contribution in [0.25, 0.3) is 0 Å². The van der Waals surface area contributed by atoms with Gasteiger partial charge < -0.3 is 5.73 Å². The lowest BCUT2D eigenvalue weighted by Crippen LogP contribution is -2.11. The Hall–Kier alpha value is -0.810. The second-order valence-electron chi connectivity index (χ2n) is 2.01. The van der Waals surface area contributed by atoms with Gasteiger partial charge in [0.1, 0.15) is 0 Å². The molecule has 2 nitrogen and oxygen atoms in total. The third-order valence-corrected chi connectivity index (χ3v) is 1.31. The van der Waals surface area contributed by atoms with Gasteiger partial charge in [-0.2, -0.15) is 5.26 Å². The van der Waals surface area contributed by atoms with Crippen LogP contribution in [0.15, 0.2) is 11.6 Å². The second-order valence-corrected chi connectivity index (χ2v) is 2.01. The molecule has 2 heteroatoms. The molecule has 0 aromatic carbocycles. The van der Waals surface area contributed by atoms with Crippen LogP contribution in [0.3, 0.4) is 0 Å². The van der Waals surface area contributed by atoms with E-state index in [2.05, 4.69) is 6.07 Å². The van der Waals surface area contributed by atoms with Crippen molar-refractivity contribution in [2.45, 2.75) is 18.9 Å². The largest absolute Gasteiger partial charge is 0.324 e. The van der Waals surface area contributed by atoms with Gasteiger partial charge in [-0.15, -0.1) is 0 Å². The number of nitrogens with zero attached hydrogens (tertiary/aromatic N) is 1. The Morgan fingerprint density at radius 3 is 2.88 bits per heavy atom. The third kappa shape index (κ3) is 0.877. The molecule has 1 aliphatic carbocycles. The predicted molar refractivity (Wildman–Crippen MR) is 30.9 cm³/mol. The van der Waals surface area contributed by atoms with E-state index in [1.807, 2.05) is 6.08 Å². The van der Waals surface area contributed by atoms with Gasteiger partial charge in [-0.3, -0.25) is 0 Å². The minimum Gasteiger partial charge on any atom is -0.324 e. The quantitative estimate of drug-likeness (QED) is 0.492. The van der Waals surface area contributed by atoms with Crippen LogP contribution in [0, 0.1) is 11.3 Å². The van der Waals surface area contributed by atoms with E-state index >= 15 is 0 Å². The Morgan fingerprint density at radius 1 is 1.88 bits per heavy atom. The minimum absolute atomic E-state index is 0.143. The fourth-order valence-electron chi connectivity index (χ4n) is 0.840. The topological polar surface area (TPSA) is 49.8 Å². The lowest BCUT2D eigenvalue weighted by molar-refractivity contribution is 0.777. The lowest BCUT2D eigenvalue weighted by Gasteiger charge is -1.90. The predicted octanol–water partition coefficient (Wildman–Crippen LogP) is 0.557. The van der Waals surface area contributed by atoms with Crippen LogP contribution >= 0.6 is 0 Å². The van der Waals surface area contributed by atoms with Gasteiger partial charge >= 0.3 is 0 Å². The summed E-state index contributed by atoms with van der Waals surface area (Å²) >= 11 is 0. The molecule has 0 aromatic rings. The van der Waals surface area contributed by atoms with Crippen LogP contribution in [-0.2, 0) is 0 Å². The second kappa shape index (κ2) is 1.97. The number of hydrogen-bond acceptors (Lipinski definition) is 2. The molecular formula is C6H8N2. The van der Waals surface area contributed by atoms with Gasteiger partial charge in [0.05, 0.1) is 6.07 Å². The van der Waals surface area contributed by atoms with Gasteiger partial charge in [0.15, 0.2) is 0 Å². The van der Waals surface area contributed by atoms with Crippen molar-refractivity contribution in [3.63, 3.8) is 0 Å². The van der Waals surface area contributed by atoms with Crippen molar-refractivity contribution in [1.82, 2.24) is 0 Å². The zero-order valence-electron chi connectivity index (χ0n) is 4.59. The molecule has 0 heterocycles. The Balaban J connectivity index is 2.61. The summed E-state index contributed by atoms with van der Waals surface area (Å²) in [6, 6.07) is 2.22. The molecule has 2 N–H and O–H groups in total. The van der Waals surface area contributed by atoms with Crippen LogP contribution in [0.2, 0.25) is 0 Å².